The number of nitrogens with zero attached hydrogens (tertiary/aromatic N) is 2. The zero-order valence-corrected chi connectivity index (χ0v) is 25.6. The number of hydrogen-bond acceptors (Lipinski definition) is 6. The van der Waals surface area contributed by atoms with Crippen LogP contribution in [-0.2, 0) is 32.6 Å². The van der Waals surface area contributed by atoms with E-state index in [1.807, 2.05) is 30.3 Å². The van der Waals surface area contributed by atoms with Crippen LogP contribution in [0.2, 0.25) is 0 Å². The van der Waals surface area contributed by atoms with E-state index in [0.29, 0.717) is 11.5 Å². The Bertz CT molecular complexity index is 1560. The molecule has 3 aromatic carbocycles. The molecule has 9 nitrogen and oxygen atoms in total. The summed E-state index contributed by atoms with van der Waals surface area (Å²) in [5.41, 5.74) is 1.26. The van der Waals surface area contributed by atoms with Gasteiger partial charge >= 0.3 is 0 Å². The van der Waals surface area contributed by atoms with Crippen molar-refractivity contribution in [2.45, 2.75) is 64.1 Å². The number of carbonyl (C=O) groups is 2. The average molecular weight is 624 g/mol. The molecule has 2 aliphatic rings. The van der Waals surface area contributed by atoms with Crippen molar-refractivity contribution in [3.05, 3.63) is 89.7 Å². The van der Waals surface area contributed by atoms with Gasteiger partial charge in [-0.05, 0) is 43.5 Å². The number of anilines is 1. The molecule has 0 bridgehead atoms. The van der Waals surface area contributed by atoms with Crippen LogP contribution in [0, 0.1) is 5.82 Å². The van der Waals surface area contributed by atoms with Crippen molar-refractivity contribution in [1.29, 1.82) is 0 Å². The van der Waals surface area contributed by atoms with E-state index in [1.54, 1.807) is 30.3 Å². The second-order valence-corrected chi connectivity index (χ2v) is 13.3. The van der Waals surface area contributed by atoms with Crippen molar-refractivity contribution in [3.8, 4) is 11.5 Å². The maximum absolute atomic E-state index is 15.0. The highest BCUT2D eigenvalue weighted by Crippen LogP contribution is 2.36. The minimum Gasteiger partial charge on any atom is -0.454 e. The van der Waals surface area contributed by atoms with Crippen molar-refractivity contribution >= 4 is 27.5 Å². The van der Waals surface area contributed by atoms with Gasteiger partial charge in [-0.1, -0.05) is 67.8 Å². The maximum atomic E-state index is 15.0. The standard InChI is InChI=1S/C33H38FN3O6S/c1-2-44(40,41)37(27-17-18-30-31(20-27)43-23-42-30)22-32(38)36(21-25-13-9-10-16-28(25)34)29(19-24-11-5-3-6-12-24)33(39)35-26-14-7-4-8-15-26/h3,5-6,9-13,16-18,20,26,29H,2,4,7-8,14-15,19,21-23H2,1H3,(H,35,39). The summed E-state index contributed by atoms with van der Waals surface area (Å²) in [6, 6.07) is 19.0. The van der Waals surface area contributed by atoms with E-state index >= 15 is 4.39 Å². The first kappa shape index (κ1) is 31.3. The predicted octanol–water partition coefficient (Wildman–Crippen LogP) is 4.80. The van der Waals surface area contributed by atoms with Crippen molar-refractivity contribution in [1.82, 2.24) is 10.2 Å². The smallest absolute Gasteiger partial charge is 0.244 e. The molecule has 0 saturated heterocycles. The molecule has 1 aliphatic heterocycles. The van der Waals surface area contributed by atoms with Crippen LogP contribution in [0.4, 0.5) is 10.1 Å². The van der Waals surface area contributed by atoms with Gasteiger partial charge in [-0.3, -0.25) is 13.9 Å². The third-order valence-corrected chi connectivity index (χ3v) is 9.89. The van der Waals surface area contributed by atoms with Gasteiger partial charge in [0.25, 0.3) is 0 Å². The number of sulfonamides is 1. The van der Waals surface area contributed by atoms with Crippen LogP contribution in [0.15, 0.2) is 72.8 Å². The van der Waals surface area contributed by atoms with Crippen LogP contribution in [0.5, 0.6) is 11.5 Å². The Kier molecular flexibility index (Phi) is 10.0. The molecule has 1 saturated carbocycles. The Morgan fingerprint density at radius 3 is 2.39 bits per heavy atom. The molecule has 0 aromatic heterocycles. The summed E-state index contributed by atoms with van der Waals surface area (Å²) in [6.07, 6.45) is 4.98. The van der Waals surface area contributed by atoms with E-state index in [9.17, 15) is 18.0 Å². The van der Waals surface area contributed by atoms with Gasteiger partial charge in [0.15, 0.2) is 11.5 Å². The first-order chi connectivity index (χ1) is 21.2. The fraction of sp³-hybridized carbons (Fsp3) is 0.394. The number of halogens is 1. The SMILES string of the molecule is CCS(=O)(=O)N(CC(=O)N(Cc1ccccc1F)C(Cc1ccccc1)C(=O)NC1CCCCC1)c1ccc2c(c1)OCO2. The molecule has 1 atom stereocenters. The van der Waals surface area contributed by atoms with Gasteiger partial charge in [-0.25, -0.2) is 12.8 Å². The Hall–Kier alpha value is -4.12. The van der Waals surface area contributed by atoms with E-state index < -0.39 is 34.3 Å². The average Bonchev–Trinajstić information content (AvgIpc) is 3.51. The third kappa shape index (κ3) is 7.50. The summed E-state index contributed by atoms with van der Waals surface area (Å²) in [5.74, 6) is -0.940. The Balaban J connectivity index is 1.52. The van der Waals surface area contributed by atoms with E-state index in [1.165, 1.54) is 24.0 Å². The Morgan fingerprint density at radius 1 is 0.955 bits per heavy atom. The van der Waals surface area contributed by atoms with Crippen LogP contribution in [0.25, 0.3) is 0 Å². The Morgan fingerprint density at radius 2 is 1.66 bits per heavy atom. The largest absolute Gasteiger partial charge is 0.454 e. The molecular weight excluding hydrogens is 585 g/mol. The lowest BCUT2D eigenvalue weighted by Crippen LogP contribution is -2.55. The van der Waals surface area contributed by atoms with E-state index in [2.05, 4.69) is 5.32 Å². The second-order valence-electron chi connectivity index (χ2n) is 11.1. The first-order valence-electron chi connectivity index (χ1n) is 15.0. The predicted molar refractivity (Wildman–Crippen MR) is 165 cm³/mol. The van der Waals surface area contributed by atoms with E-state index in [4.69, 9.17) is 9.47 Å². The molecule has 0 radical (unpaired) electrons. The first-order valence-corrected chi connectivity index (χ1v) is 16.6. The van der Waals surface area contributed by atoms with Gasteiger partial charge < -0.3 is 19.7 Å². The number of nitrogens with one attached hydrogen (secondary N) is 1. The van der Waals surface area contributed by atoms with Gasteiger partial charge in [0.05, 0.1) is 11.4 Å². The van der Waals surface area contributed by atoms with Crippen molar-refractivity contribution in [3.63, 3.8) is 0 Å². The van der Waals surface area contributed by atoms with E-state index in [-0.39, 0.29) is 48.7 Å². The molecule has 11 heteroatoms. The molecule has 234 valence electrons. The van der Waals surface area contributed by atoms with Gasteiger partial charge in [-0.2, -0.15) is 0 Å². The third-order valence-electron chi connectivity index (χ3n) is 8.14. The lowest BCUT2D eigenvalue weighted by molar-refractivity contribution is -0.140. The molecule has 3 aromatic rings. The summed E-state index contributed by atoms with van der Waals surface area (Å²) >= 11 is 0. The van der Waals surface area contributed by atoms with Crippen LogP contribution in [0.1, 0.15) is 50.2 Å². The van der Waals surface area contributed by atoms with Crippen molar-refractivity contribution in [2.75, 3.05) is 23.4 Å². The number of hydrogen-bond donors (Lipinski definition) is 1. The van der Waals surface area contributed by atoms with Gasteiger partial charge in [0, 0.05) is 30.6 Å². The normalized spacial score (nSPS) is 15.4. The van der Waals surface area contributed by atoms with Crippen LogP contribution in [0.3, 0.4) is 0 Å². The maximum Gasteiger partial charge on any atom is 0.244 e. The number of benzene rings is 3. The fourth-order valence-electron chi connectivity index (χ4n) is 5.67. The minimum absolute atomic E-state index is 0.00589. The van der Waals surface area contributed by atoms with Crippen molar-refractivity contribution < 1.29 is 31.9 Å². The van der Waals surface area contributed by atoms with Gasteiger partial charge in [-0.15, -0.1) is 0 Å². The monoisotopic (exact) mass is 623 g/mol. The molecular formula is C33H38FN3O6S. The highest BCUT2D eigenvalue weighted by molar-refractivity contribution is 7.92. The van der Waals surface area contributed by atoms with Gasteiger partial charge in [0.2, 0.25) is 28.6 Å². The quantitative estimate of drug-likeness (QED) is 0.311. The molecule has 44 heavy (non-hydrogen) atoms. The Labute approximate surface area is 258 Å². The molecule has 2 amide bonds. The zero-order valence-electron chi connectivity index (χ0n) is 24.8. The summed E-state index contributed by atoms with van der Waals surface area (Å²) in [4.78, 5) is 29.7. The number of ether oxygens (including phenoxy) is 2. The van der Waals surface area contributed by atoms with E-state index in [0.717, 1.165) is 42.0 Å². The lowest BCUT2D eigenvalue weighted by atomic mass is 9.94. The minimum atomic E-state index is -3.95. The molecule has 1 unspecified atom stereocenters. The summed E-state index contributed by atoms with van der Waals surface area (Å²) in [5, 5.41) is 3.14. The number of amides is 2. The van der Waals surface area contributed by atoms with Gasteiger partial charge in [0.1, 0.15) is 18.4 Å². The van der Waals surface area contributed by atoms with Crippen LogP contribution >= 0.6 is 0 Å². The lowest BCUT2D eigenvalue weighted by Gasteiger charge is -2.35. The number of rotatable bonds is 12. The summed E-state index contributed by atoms with van der Waals surface area (Å²) in [6.45, 7) is 0.688. The zero-order chi connectivity index (χ0) is 31.1. The van der Waals surface area contributed by atoms with Crippen LogP contribution in [-0.4, -0.2) is 56.3 Å². The topological polar surface area (TPSA) is 105 Å². The molecule has 1 heterocycles. The molecule has 1 aliphatic carbocycles. The highest BCUT2D eigenvalue weighted by Gasteiger charge is 2.35. The summed E-state index contributed by atoms with van der Waals surface area (Å²) in [7, 11) is -3.95. The number of fused-ring (bicyclic) bond motifs is 1. The number of carbonyl (C=O) groups excluding carboxylic acids is 2. The highest BCUT2D eigenvalue weighted by atomic mass is 32.2. The summed E-state index contributed by atoms with van der Waals surface area (Å²) < 4.78 is 53.6. The fourth-order valence-corrected chi connectivity index (χ4v) is 6.72. The van der Waals surface area contributed by atoms with Crippen molar-refractivity contribution in [2.24, 2.45) is 0 Å². The van der Waals surface area contributed by atoms with Crippen LogP contribution < -0.4 is 19.1 Å². The molecule has 1 fully saturated rings. The molecule has 0 spiro atoms. The second kappa shape index (κ2) is 14.1. The molecule has 5 rings (SSSR count). The molecule has 1 N–H and O–H groups in total.